The summed E-state index contributed by atoms with van der Waals surface area (Å²) in [5.74, 6) is -1.55. The number of hydrogen-bond acceptors (Lipinski definition) is 5. The van der Waals surface area contributed by atoms with E-state index in [1.54, 1.807) is 37.3 Å². The lowest BCUT2D eigenvalue weighted by molar-refractivity contribution is -0.143. The third kappa shape index (κ3) is 4.80. The fourth-order valence-corrected chi connectivity index (χ4v) is 3.71. The molecule has 0 aliphatic heterocycles. The number of nitrogens with zero attached hydrogens (tertiary/aromatic N) is 1. The van der Waals surface area contributed by atoms with Gasteiger partial charge in [-0.3, -0.25) is 4.79 Å². The normalized spacial score (nSPS) is 11.4. The number of carbonyl (C=O) groups is 1. The highest BCUT2D eigenvalue weighted by Crippen LogP contribution is 2.24. The molecule has 8 heteroatoms. The summed E-state index contributed by atoms with van der Waals surface area (Å²) in [5.41, 5.74) is 0.689. The highest BCUT2D eigenvalue weighted by atomic mass is 32.2. The van der Waals surface area contributed by atoms with Crippen LogP contribution < -0.4 is 4.74 Å². The van der Waals surface area contributed by atoms with Crippen LogP contribution in [0.15, 0.2) is 53.4 Å². The number of methoxy groups -OCH3 is 1. The number of sulfonamides is 1. The minimum absolute atomic E-state index is 0.0460. The van der Waals surface area contributed by atoms with E-state index in [-0.39, 0.29) is 23.8 Å². The molecule has 0 fully saturated rings. The molecule has 0 aromatic heterocycles. The lowest BCUT2D eigenvalue weighted by atomic mass is 10.2. The Labute approximate surface area is 152 Å². The first-order valence-corrected chi connectivity index (χ1v) is 9.35. The van der Waals surface area contributed by atoms with Gasteiger partial charge in [0, 0.05) is 6.54 Å². The molecule has 0 N–H and O–H groups in total. The SMILES string of the molecule is CCOC(=O)CN(Cc1ccccc1)S(=O)(=O)c1ccc(OC)c(F)c1. The maximum atomic E-state index is 14.0. The highest BCUT2D eigenvalue weighted by molar-refractivity contribution is 7.89. The number of ether oxygens (including phenoxy) is 2. The molecule has 0 heterocycles. The number of hydrogen-bond donors (Lipinski definition) is 0. The molecule has 6 nitrogen and oxygen atoms in total. The molecule has 0 aliphatic rings. The standard InChI is InChI=1S/C18H20FNO5S/c1-3-25-18(21)13-20(12-14-7-5-4-6-8-14)26(22,23)15-9-10-17(24-2)16(19)11-15/h4-11H,3,12-13H2,1-2H3. The number of carbonyl (C=O) groups excluding carboxylic acids is 1. The van der Waals surface area contributed by atoms with E-state index in [2.05, 4.69) is 0 Å². The van der Waals surface area contributed by atoms with Crippen molar-refractivity contribution < 1.29 is 27.1 Å². The maximum absolute atomic E-state index is 14.0. The van der Waals surface area contributed by atoms with Crippen molar-refractivity contribution in [2.24, 2.45) is 0 Å². The monoisotopic (exact) mass is 381 g/mol. The van der Waals surface area contributed by atoms with Gasteiger partial charge in [0.05, 0.1) is 18.6 Å². The summed E-state index contributed by atoms with van der Waals surface area (Å²) in [4.78, 5) is 11.6. The van der Waals surface area contributed by atoms with E-state index >= 15 is 0 Å². The van der Waals surface area contributed by atoms with Crippen LogP contribution in [-0.2, 0) is 26.1 Å². The highest BCUT2D eigenvalue weighted by Gasteiger charge is 2.28. The molecule has 0 radical (unpaired) electrons. The van der Waals surface area contributed by atoms with Crippen molar-refractivity contribution in [3.8, 4) is 5.75 Å². The molecule has 0 aliphatic carbocycles. The second-order valence-corrected chi connectivity index (χ2v) is 7.30. The van der Waals surface area contributed by atoms with E-state index in [4.69, 9.17) is 9.47 Å². The molecule has 0 spiro atoms. The van der Waals surface area contributed by atoms with E-state index in [9.17, 15) is 17.6 Å². The number of benzene rings is 2. The van der Waals surface area contributed by atoms with Gasteiger partial charge in [-0.25, -0.2) is 12.8 Å². The minimum atomic E-state index is -4.12. The molecule has 2 aromatic rings. The number of esters is 1. The summed E-state index contributed by atoms with van der Waals surface area (Å²) >= 11 is 0. The molecule has 0 bridgehead atoms. The van der Waals surface area contributed by atoms with Gasteiger partial charge in [-0.15, -0.1) is 0 Å². The number of rotatable bonds is 8. The third-order valence-electron chi connectivity index (χ3n) is 3.57. The van der Waals surface area contributed by atoms with Crippen LogP contribution in [0.25, 0.3) is 0 Å². The van der Waals surface area contributed by atoms with E-state index in [1.165, 1.54) is 19.2 Å². The molecule has 26 heavy (non-hydrogen) atoms. The first-order chi connectivity index (χ1) is 12.4. The Morgan fingerprint density at radius 1 is 1.15 bits per heavy atom. The van der Waals surface area contributed by atoms with Gasteiger partial charge < -0.3 is 9.47 Å². The molecule has 0 saturated carbocycles. The van der Waals surface area contributed by atoms with Gasteiger partial charge in [-0.1, -0.05) is 30.3 Å². The number of halogens is 1. The van der Waals surface area contributed by atoms with Crippen molar-refractivity contribution in [2.45, 2.75) is 18.4 Å². The third-order valence-corrected chi connectivity index (χ3v) is 5.36. The zero-order valence-electron chi connectivity index (χ0n) is 14.5. The van der Waals surface area contributed by atoms with E-state index in [0.29, 0.717) is 5.56 Å². The predicted octanol–water partition coefficient (Wildman–Crippen LogP) is 2.59. The molecule has 0 amide bonds. The van der Waals surface area contributed by atoms with Gasteiger partial charge in [0.2, 0.25) is 10.0 Å². The van der Waals surface area contributed by atoms with Gasteiger partial charge in [-0.2, -0.15) is 4.31 Å². The van der Waals surface area contributed by atoms with Gasteiger partial charge in [0.15, 0.2) is 11.6 Å². The average molecular weight is 381 g/mol. The first-order valence-electron chi connectivity index (χ1n) is 7.91. The van der Waals surface area contributed by atoms with Crippen LogP contribution in [0.4, 0.5) is 4.39 Å². The molecule has 140 valence electrons. The zero-order chi connectivity index (χ0) is 19.2. The molecule has 0 atom stereocenters. The van der Waals surface area contributed by atoms with Crippen LogP contribution in [-0.4, -0.2) is 39.0 Å². The Balaban J connectivity index is 2.38. The van der Waals surface area contributed by atoms with Crippen molar-refractivity contribution in [2.75, 3.05) is 20.3 Å². The van der Waals surface area contributed by atoms with Gasteiger partial charge in [0.1, 0.15) is 6.54 Å². The molecular formula is C18H20FNO5S. The summed E-state index contributed by atoms with van der Waals surface area (Å²) in [6.07, 6.45) is 0. The Morgan fingerprint density at radius 2 is 1.85 bits per heavy atom. The minimum Gasteiger partial charge on any atom is -0.494 e. The predicted molar refractivity (Wildman–Crippen MR) is 93.6 cm³/mol. The topological polar surface area (TPSA) is 72.9 Å². The fraction of sp³-hybridized carbons (Fsp3) is 0.278. The summed E-state index contributed by atoms with van der Waals surface area (Å²) in [6, 6.07) is 12.1. The lowest BCUT2D eigenvalue weighted by Crippen LogP contribution is -2.36. The van der Waals surface area contributed by atoms with Gasteiger partial charge in [-0.05, 0) is 30.7 Å². The van der Waals surface area contributed by atoms with Crippen LogP contribution >= 0.6 is 0 Å². The van der Waals surface area contributed by atoms with Gasteiger partial charge in [0.25, 0.3) is 0 Å². The van der Waals surface area contributed by atoms with E-state index in [0.717, 1.165) is 10.4 Å². The van der Waals surface area contributed by atoms with Crippen LogP contribution in [0.1, 0.15) is 12.5 Å². The fourth-order valence-electron chi connectivity index (χ4n) is 2.32. The van der Waals surface area contributed by atoms with Crippen LogP contribution in [0, 0.1) is 5.82 Å². The molecule has 0 unspecified atom stereocenters. The van der Waals surface area contributed by atoms with E-state index in [1.807, 2.05) is 0 Å². The van der Waals surface area contributed by atoms with E-state index < -0.39 is 28.4 Å². The Bertz CT molecular complexity index is 855. The quantitative estimate of drug-likeness (QED) is 0.657. The molecule has 2 rings (SSSR count). The second kappa shape index (κ2) is 8.77. The van der Waals surface area contributed by atoms with Crippen LogP contribution in [0.2, 0.25) is 0 Å². The Kier molecular flexibility index (Phi) is 6.70. The average Bonchev–Trinajstić information content (AvgIpc) is 2.62. The maximum Gasteiger partial charge on any atom is 0.321 e. The van der Waals surface area contributed by atoms with Crippen LogP contribution in [0.3, 0.4) is 0 Å². The van der Waals surface area contributed by atoms with Crippen LogP contribution in [0.5, 0.6) is 5.75 Å². The summed E-state index contributed by atoms with van der Waals surface area (Å²) < 4.78 is 50.5. The van der Waals surface area contributed by atoms with Crippen molar-refractivity contribution in [3.05, 3.63) is 59.9 Å². The second-order valence-electron chi connectivity index (χ2n) is 5.36. The summed E-state index contributed by atoms with van der Waals surface area (Å²) in [5, 5.41) is 0. The summed E-state index contributed by atoms with van der Waals surface area (Å²) in [7, 11) is -2.84. The zero-order valence-corrected chi connectivity index (χ0v) is 15.3. The first kappa shape index (κ1) is 19.9. The Hall–Kier alpha value is -2.45. The smallest absolute Gasteiger partial charge is 0.321 e. The van der Waals surface area contributed by atoms with Crippen molar-refractivity contribution >= 4 is 16.0 Å². The molecule has 2 aromatic carbocycles. The molecule has 0 saturated heterocycles. The largest absolute Gasteiger partial charge is 0.494 e. The molecular weight excluding hydrogens is 361 g/mol. The lowest BCUT2D eigenvalue weighted by Gasteiger charge is -2.21. The van der Waals surface area contributed by atoms with Crippen molar-refractivity contribution in [3.63, 3.8) is 0 Å². The Morgan fingerprint density at radius 3 is 2.42 bits per heavy atom. The van der Waals surface area contributed by atoms with Crippen molar-refractivity contribution in [1.82, 2.24) is 4.31 Å². The van der Waals surface area contributed by atoms with Gasteiger partial charge >= 0.3 is 5.97 Å². The van der Waals surface area contributed by atoms with Crippen molar-refractivity contribution in [1.29, 1.82) is 0 Å². The summed E-state index contributed by atoms with van der Waals surface area (Å²) in [6.45, 7) is 1.25.